The molecule has 0 spiro atoms. The number of nitrogens with zero attached hydrogens (tertiary/aromatic N) is 1. The Kier molecular flexibility index (Phi) is 3.72. The number of anilines is 1. The molecule has 1 aromatic carbocycles. The van der Waals surface area contributed by atoms with E-state index in [1.807, 2.05) is 36.1 Å². The molecule has 1 saturated heterocycles. The number of hydrogen-bond acceptors (Lipinski definition) is 4. The third-order valence-corrected chi connectivity index (χ3v) is 3.16. The van der Waals surface area contributed by atoms with Crippen molar-refractivity contribution in [2.24, 2.45) is 5.73 Å². The van der Waals surface area contributed by atoms with Crippen molar-refractivity contribution in [1.29, 1.82) is 0 Å². The summed E-state index contributed by atoms with van der Waals surface area (Å²) in [4.78, 5) is 14.0. The summed E-state index contributed by atoms with van der Waals surface area (Å²) >= 11 is 0. The fourth-order valence-electron chi connectivity index (χ4n) is 2.32. The number of carbonyl (C=O) groups excluding carboxylic acids is 1. The maximum atomic E-state index is 11.9. The maximum absolute atomic E-state index is 11.9. The van der Waals surface area contributed by atoms with Crippen LogP contribution in [0.15, 0.2) is 24.3 Å². The SMILES string of the molecule is COc1ccccc1N1CC(C)NC(=O)C1CN. The first-order valence-electron chi connectivity index (χ1n) is 6.07. The lowest BCUT2D eigenvalue weighted by Crippen LogP contribution is -2.61. The summed E-state index contributed by atoms with van der Waals surface area (Å²) in [5, 5.41) is 2.92. The molecule has 1 amide bonds. The van der Waals surface area contributed by atoms with Crippen molar-refractivity contribution < 1.29 is 9.53 Å². The molecule has 2 atom stereocenters. The summed E-state index contributed by atoms with van der Waals surface area (Å²) in [5.74, 6) is 0.736. The van der Waals surface area contributed by atoms with Gasteiger partial charge in [0, 0.05) is 19.1 Å². The van der Waals surface area contributed by atoms with Crippen LogP contribution in [0.5, 0.6) is 5.75 Å². The van der Waals surface area contributed by atoms with E-state index in [1.165, 1.54) is 0 Å². The van der Waals surface area contributed by atoms with Crippen LogP contribution < -0.4 is 20.7 Å². The predicted molar refractivity (Wildman–Crippen MR) is 70.8 cm³/mol. The highest BCUT2D eigenvalue weighted by molar-refractivity contribution is 5.87. The summed E-state index contributed by atoms with van der Waals surface area (Å²) in [6.07, 6.45) is 0. The number of piperazine rings is 1. The predicted octanol–water partition coefficient (Wildman–Crippen LogP) is 0.347. The lowest BCUT2D eigenvalue weighted by atomic mass is 10.1. The number of carbonyl (C=O) groups is 1. The molecule has 0 saturated carbocycles. The fourth-order valence-corrected chi connectivity index (χ4v) is 2.32. The maximum Gasteiger partial charge on any atom is 0.244 e. The van der Waals surface area contributed by atoms with Gasteiger partial charge in [-0.25, -0.2) is 0 Å². The average Bonchev–Trinajstić information content (AvgIpc) is 2.38. The number of methoxy groups -OCH3 is 1. The molecule has 3 N–H and O–H groups in total. The molecule has 0 aromatic heterocycles. The number of hydrogen-bond donors (Lipinski definition) is 2. The van der Waals surface area contributed by atoms with Crippen molar-refractivity contribution in [1.82, 2.24) is 5.32 Å². The van der Waals surface area contributed by atoms with E-state index in [2.05, 4.69) is 5.32 Å². The zero-order chi connectivity index (χ0) is 13.1. The number of benzene rings is 1. The number of rotatable bonds is 3. The van der Waals surface area contributed by atoms with Crippen molar-refractivity contribution >= 4 is 11.6 Å². The van der Waals surface area contributed by atoms with Crippen LogP contribution in [-0.4, -0.2) is 38.2 Å². The highest BCUT2D eigenvalue weighted by atomic mass is 16.5. The first kappa shape index (κ1) is 12.7. The van der Waals surface area contributed by atoms with E-state index in [4.69, 9.17) is 10.5 Å². The molecule has 1 fully saturated rings. The van der Waals surface area contributed by atoms with Crippen molar-refractivity contribution in [3.8, 4) is 5.75 Å². The highest BCUT2D eigenvalue weighted by Crippen LogP contribution is 2.30. The second-order valence-corrected chi connectivity index (χ2v) is 4.49. The monoisotopic (exact) mass is 249 g/mol. The van der Waals surface area contributed by atoms with Crippen molar-refractivity contribution in [3.63, 3.8) is 0 Å². The summed E-state index contributed by atoms with van der Waals surface area (Å²) < 4.78 is 5.35. The third-order valence-electron chi connectivity index (χ3n) is 3.16. The van der Waals surface area contributed by atoms with Crippen LogP contribution >= 0.6 is 0 Å². The van der Waals surface area contributed by atoms with Crippen LogP contribution in [0.25, 0.3) is 0 Å². The Morgan fingerprint density at radius 1 is 1.50 bits per heavy atom. The first-order valence-corrected chi connectivity index (χ1v) is 6.07. The van der Waals surface area contributed by atoms with E-state index in [-0.39, 0.29) is 24.5 Å². The normalized spacial score (nSPS) is 23.7. The lowest BCUT2D eigenvalue weighted by Gasteiger charge is -2.39. The van der Waals surface area contributed by atoms with Crippen molar-refractivity contribution in [2.45, 2.75) is 19.0 Å². The van der Waals surface area contributed by atoms with Gasteiger partial charge in [-0.05, 0) is 19.1 Å². The van der Waals surface area contributed by atoms with Gasteiger partial charge < -0.3 is 20.7 Å². The highest BCUT2D eigenvalue weighted by Gasteiger charge is 2.33. The number of nitrogens with one attached hydrogen (secondary N) is 1. The lowest BCUT2D eigenvalue weighted by molar-refractivity contribution is -0.123. The van der Waals surface area contributed by atoms with Crippen LogP contribution in [-0.2, 0) is 4.79 Å². The molecule has 18 heavy (non-hydrogen) atoms. The van der Waals surface area contributed by atoms with Crippen LogP contribution in [0.2, 0.25) is 0 Å². The van der Waals surface area contributed by atoms with Crippen LogP contribution in [0.4, 0.5) is 5.69 Å². The summed E-state index contributed by atoms with van der Waals surface area (Å²) in [5.41, 5.74) is 6.63. The fraction of sp³-hybridized carbons (Fsp3) is 0.462. The molecular weight excluding hydrogens is 230 g/mol. The Morgan fingerprint density at radius 2 is 2.22 bits per heavy atom. The van der Waals surface area contributed by atoms with Gasteiger partial charge in [0.2, 0.25) is 5.91 Å². The van der Waals surface area contributed by atoms with Crippen LogP contribution in [0, 0.1) is 0 Å². The Hall–Kier alpha value is -1.75. The quantitative estimate of drug-likeness (QED) is 0.811. The van der Waals surface area contributed by atoms with Crippen molar-refractivity contribution in [2.75, 3.05) is 25.1 Å². The smallest absolute Gasteiger partial charge is 0.244 e. The van der Waals surface area contributed by atoms with Gasteiger partial charge in [-0.15, -0.1) is 0 Å². The van der Waals surface area contributed by atoms with Gasteiger partial charge in [0.25, 0.3) is 0 Å². The summed E-state index contributed by atoms with van der Waals surface area (Å²) in [6, 6.07) is 7.45. The minimum Gasteiger partial charge on any atom is -0.495 e. The van der Waals surface area contributed by atoms with E-state index in [9.17, 15) is 4.79 Å². The first-order chi connectivity index (χ1) is 8.67. The van der Waals surface area contributed by atoms with Gasteiger partial charge in [-0.1, -0.05) is 12.1 Å². The van der Waals surface area contributed by atoms with Gasteiger partial charge in [0.05, 0.1) is 12.8 Å². The second kappa shape index (κ2) is 5.27. The molecule has 1 aromatic rings. The molecular formula is C13H19N3O2. The zero-order valence-electron chi connectivity index (χ0n) is 10.7. The number of amides is 1. The van der Waals surface area contributed by atoms with Gasteiger partial charge in [-0.2, -0.15) is 0 Å². The average molecular weight is 249 g/mol. The molecule has 98 valence electrons. The molecule has 2 unspecified atom stereocenters. The van der Waals surface area contributed by atoms with Gasteiger partial charge >= 0.3 is 0 Å². The van der Waals surface area contributed by atoms with E-state index in [1.54, 1.807) is 7.11 Å². The molecule has 0 bridgehead atoms. The summed E-state index contributed by atoms with van der Waals surface area (Å²) in [6.45, 7) is 3.00. The van der Waals surface area contributed by atoms with Crippen LogP contribution in [0.1, 0.15) is 6.92 Å². The second-order valence-electron chi connectivity index (χ2n) is 4.49. The molecule has 0 aliphatic carbocycles. The molecule has 1 aliphatic rings. The molecule has 0 radical (unpaired) electrons. The van der Waals surface area contributed by atoms with E-state index in [0.29, 0.717) is 0 Å². The number of ether oxygens (including phenoxy) is 1. The van der Waals surface area contributed by atoms with Gasteiger partial charge in [0.1, 0.15) is 11.8 Å². The number of para-hydroxylation sites is 2. The topological polar surface area (TPSA) is 67.6 Å². The molecule has 1 aliphatic heterocycles. The zero-order valence-corrected chi connectivity index (χ0v) is 10.7. The third kappa shape index (κ3) is 2.26. The minimum absolute atomic E-state index is 0.0258. The van der Waals surface area contributed by atoms with Gasteiger partial charge in [0.15, 0.2) is 0 Å². The Bertz CT molecular complexity index is 436. The van der Waals surface area contributed by atoms with Gasteiger partial charge in [-0.3, -0.25) is 4.79 Å². The number of nitrogens with two attached hydrogens (primary N) is 1. The molecule has 5 heteroatoms. The standard InChI is InChI=1S/C13H19N3O2/c1-9-8-16(11(7-14)13(17)15-9)10-5-3-4-6-12(10)18-2/h3-6,9,11H,7-8,14H2,1-2H3,(H,15,17). The largest absolute Gasteiger partial charge is 0.495 e. The summed E-state index contributed by atoms with van der Waals surface area (Å²) in [7, 11) is 1.63. The van der Waals surface area contributed by atoms with E-state index >= 15 is 0 Å². The molecule has 1 heterocycles. The van der Waals surface area contributed by atoms with E-state index < -0.39 is 0 Å². The van der Waals surface area contributed by atoms with Crippen LogP contribution in [0.3, 0.4) is 0 Å². The molecule has 5 nitrogen and oxygen atoms in total. The van der Waals surface area contributed by atoms with E-state index in [0.717, 1.165) is 18.0 Å². The Labute approximate surface area is 107 Å². The van der Waals surface area contributed by atoms with Crippen molar-refractivity contribution in [3.05, 3.63) is 24.3 Å². The minimum atomic E-state index is -0.336. The molecule has 2 rings (SSSR count). The Balaban J connectivity index is 2.36. The Morgan fingerprint density at radius 3 is 2.89 bits per heavy atom.